The van der Waals surface area contributed by atoms with E-state index in [9.17, 15) is 0 Å². The Bertz CT molecular complexity index is 710. The Morgan fingerprint density at radius 2 is 2.11 bits per heavy atom. The van der Waals surface area contributed by atoms with Crippen LogP contribution >= 0.6 is 0 Å². The molecule has 2 rings (SSSR count). The number of furan rings is 1. The molecule has 0 aliphatic rings. The van der Waals surface area contributed by atoms with Crippen LogP contribution in [0.15, 0.2) is 34.4 Å². The molecule has 0 fully saturated rings. The van der Waals surface area contributed by atoms with Gasteiger partial charge in [-0.3, -0.25) is 0 Å². The number of rotatable bonds is 3. The van der Waals surface area contributed by atoms with Crippen molar-refractivity contribution in [3.63, 3.8) is 0 Å². The van der Waals surface area contributed by atoms with Crippen molar-refractivity contribution in [2.45, 2.75) is 20.3 Å². The van der Waals surface area contributed by atoms with Gasteiger partial charge in [0.15, 0.2) is 5.58 Å². The molecule has 94 valence electrons. The average Bonchev–Trinajstić information content (AvgIpc) is 2.77. The van der Waals surface area contributed by atoms with Crippen LogP contribution in [0, 0.1) is 29.6 Å². The zero-order valence-electron chi connectivity index (χ0n) is 10.8. The maximum atomic E-state index is 8.70. The predicted molar refractivity (Wildman–Crippen MR) is 73.3 cm³/mol. The molecule has 1 aromatic carbocycles. The Kier molecular flexibility index (Phi) is 3.54. The summed E-state index contributed by atoms with van der Waals surface area (Å²) in [6.07, 6.45) is 2.22. The van der Waals surface area contributed by atoms with Crippen molar-refractivity contribution in [3.05, 3.63) is 41.3 Å². The number of nitrogens with zero attached hydrogens (tertiary/aromatic N) is 2. The highest BCUT2D eigenvalue weighted by Gasteiger charge is 2.11. The molecule has 4 nitrogen and oxygen atoms in total. The standard InChI is InChI=1S/C15H13N3O/c1-3-14-10(2)12-5-4-6-13(15(12)19-14)18-9-11(7-16)8-17/h4-6,9,18H,3H2,1-2H3. The zero-order chi connectivity index (χ0) is 13.8. The third kappa shape index (κ3) is 2.29. The second kappa shape index (κ2) is 5.29. The van der Waals surface area contributed by atoms with E-state index in [1.807, 2.05) is 32.0 Å². The number of hydrogen-bond acceptors (Lipinski definition) is 4. The summed E-state index contributed by atoms with van der Waals surface area (Å²) >= 11 is 0. The van der Waals surface area contributed by atoms with Crippen LogP contribution in [-0.2, 0) is 6.42 Å². The zero-order valence-corrected chi connectivity index (χ0v) is 10.8. The van der Waals surface area contributed by atoms with Gasteiger partial charge in [-0.15, -0.1) is 0 Å². The summed E-state index contributed by atoms with van der Waals surface area (Å²) in [6, 6.07) is 9.38. The van der Waals surface area contributed by atoms with Gasteiger partial charge in [0.1, 0.15) is 23.5 Å². The molecule has 0 atom stereocenters. The maximum Gasteiger partial charge on any atom is 0.157 e. The second-order valence-corrected chi connectivity index (χ2v) is 4.11. The molecule has 0 unspecified atom stereocenters. The van der Waals surface area contributed by atoms with E-state index in [-0.39, 0.29) is 5.57 Å². The molecule has 1 aromatic heterocycles. The minimum Gasteiger partial charge on any atom is -0.459 e. The van der Waals surface area contributed by atoms with Gasteiger partial charge in [0.2, 0.25) is 0 Å². The minimum atomic E-state index is 0.0241. The van der Waals surface area contributed by atoms with Gasteiger partial charge in [0.25, 0.3) is 0 Å². The summed E-state index contributed by atoms with van der Waals surface area (Å²) in [4.78, 5) is 0. The Labute approximate surface area is 111 Å². The number of aryl methyl sites for hydroxylation is 2. The highest BCUT2D eigenvalue weighted by molar-refractivity contribution is 5.92. The van der Waals surface area contributed by atoms with Crippen LogP contribution in [0.25, 0.3) is 11.0 Å². The number of nitrogens with one attached hydrogen (secondary N) is 1. The van der Waals surface area contributed by atoms with Crippen LogP contribution in [0.3, 0.4) is 0 Å². The Morgan fingerprint density at radius 3 is 2.74 bits per heavy atom. The average molecular weight is 251 g/mol. The fraction of sp³-hybridized carbons (Fsp3) is 0.200. The fourth-order valence-corrected chi connectivity index (χ4v) is 1.98. The first-order valence-electron chi connectivity index (χ1n) is 5.99. The number of benzene rings is 1. The van der Waals surface area contributed by atoms with Gasteiger partial charge in [0.05, 0.1) is 5.69 Å². The molecule has 1 heterocycles. The van der Waals surface area contributed by atoms with Crippen LogP contribution in [0.1, 0.15) is 18.2 Å². The molecule has 0 bridgehead atoms. The number of para-hydroxylation sites is 1. The lowest BCUT2D eigenvalue weighted by Crippen LogP contribution is -1.90. The lowest BCUT2D eigenvalue weighted by atomic mass is 10.1. The van der Waals surface area contributed by atoms with Crippen LogP contribution in [-0.4, -0.2) is 0 Å². The normalized spacial score (nSPS) is 9.68. The molecule has 19 heavy (non-hydrogen) atoms. The molecule has 0 aliphatic carbocycles. The number of anilines is 1. The summed E-state index contributed by atoms with van der Waals surface area (Å²) in [5.41, 5.74) is 2.66. The fourth-order valence-electron chi connectivity index (χ4n) is 1.98. The molecule has 0 saturated heterocycles. The molecule has 2 aromatic rings. The van der Waals surface area contributed by atoms with E-state index >= 15 is 0 Å². The van der Waals surface area contributed by atoms with Crippen molar-refractivity contribution in [2.75, 3.05) is 5.32 Å². The topological polar surface area (TPSA) is 72.8 Å². The summed E-state index contributed by atoms with van der Waals surface area (Å²) in [5, 5.41) is 21.4. The number of hydrogen-bond donors (Lipinski definition) is 1. The van der Waals surface area contributed by atoms with Crippen molar-refractivity contribution >= 4 is 16.7 Å². The minimum absolute atomic E-state index is 0.0241. The van der Waals surface area contributed by atoms with E-state index in [1.165, 1.54) is 6.20 Å². The van der Waals surface area contributed by atoms with E-state index in [0.29, 0.717) is 0 Å². The van der Waals surface area contributed by atoms with Crippen LogP contribution < -0.4 is 5.32 Å². The molecule has 0 spiro atoms. The Hall–Kier alpha value is -2.72. The van der Waals surface area contributed by atoms with Crippen molar-refractivity contribution in [1.29, 1.82) is 10.5 Å². The second-order valence-electron chi connectivity index (χ2n) is 4.11. The van der Waals surface area contributed by atoms with Gasteiger partial charge >= 0.3 is 0 Å². The third-order valence-electron chi connectivity index (χ3n) is 3.00. The first-order valence-corrected chi connectivity index (χ1v) is 5.99. The summed E-state index contributed by atoms with van der Waals surface area (Å²) in [5.74, 6) is 0.953. The molecule has 0 amide bonds. The van der Waals surface area contributed by atoms with Crippen molar-refractivity contribution < 1.29 is 4.42 Å². The van der Waals surface area contributed by atoms with Gasteiger partial charge < -0.3 is 9.73 Å². The van der Waals surface area contributed by atoms with E-state index in [4.69, 9.17) is 14.9 Å². The third-order valence-corrected chi connectivity index (χ3v) is 3.00. The van der Waals surface area contributed by atoms with Gasteiger partial charge in [-0.25, -0.2) is 0 Å². The molecule has 1 N–H and O–H groups in total. The molecule has 0 saturated carbocycles. The molecule has 0 radical (unpaired) electrons. The molecular weight excluding hydrogens is 238 g/mol. The van der Waals surface area contributed by atoms with Crippen LogP contribution in [0.5, 0.6) is 0 Å². The van der Waals surface area contributed by atoms with Gasteiger partial charge in [0, 0.05) is 18.0 Å². The smallest absolute Gasteiger partial charge is 0.157 e. The van der Waals surface area contributed by atoms with Crippen molar-refractivity contribution in [2.24, 2.45) is 0 Å². The number of allylic oxidation sites excluding steroid dienone is 1. The van der Waals surface area contributed by atoms with E-state index < -0.39 is 0 Å². The van der Waals surface area contributed by atoms with Gasteiger partial charge in [-0.1, -0.05) is 19.1 Å². The highest BCUT2D eigenvalue weighted by atomic mass is 16.3. The Morgan fingerprint density at radius 1 is 1.37 bits per heavy atom. The summed E-state index contributed by atoms with van der Waals surface area (Å²) < 4.78 is 5.82. The quantitative estimate of drug-likeness (QED) is 0.845. The van der Waals surface area contributed by atoms with Gasteiger partial charge in [-0.05, 0) is 18.6 Å². The first-order chi connectivity index (χ1) is 9.21. The molecule has 4 heteroatoms. The van der Waals surface area contributed by atoms with E-state index in [1.54, 1.807) is 12.1 Å². The van der Waals surface area contributed by atoms with Crippen molar-refractivity contribution in [3.8, 4) is 12.1 Å². The molecule has 0 aliphatic heterocycles. The first kappa shape index (κ1) is 12.7. The van der Waals surface area contributed by atoms with Crippen molar-refractivity contribution in [1.82, 2.24) is 0 Å². The number of fused-ring (bicyclic) bond motifs is 1. The Balaban J connectivity index is 2.49. The predicted octanol–water partition coefficient (Wildman–Crippen LogP) is 3.65. The van der Waals surface area contributed by atoms with Gasteiger partial charge in [-0.2, -0.15) is 10.5 Å². The highest BCUT2D eigenvalue weighted by Crippen LogP contribution is 2.31. The lowest BCUT2D eigenvalue weighted by Gasteiger charge is -2.01. The monoisotopic (exact) mass is 251 g/mol. The maximum absolute atomic E-state index is 8.70. The SMILES string of the molecule is CCc1oc2c(NC=C(C#N)C#N)cccc2c1C. The summed E-state index contributed by atoms with van der Waals surface area (Å²) in [6.45, 7) is 4.07. The largest absolute Gasteiger partial charge is 0.459 e. The number of nitriles is 2. The van der Waals surface area contributed by atoms with Crippen LogP contribution in [0.2, 0.25) is 0 Å². The summed E-state index contributed by atoms with van der Waals surface area (Å²) in [7, 11) is 0. The lowest BCUT2D eigenvalue weighted by molar-refractivity contribution is 0.554. The molecular formula is C15H13N3O. The van der Waals surface area contributed by atoms with E-state index in [2.05, 4.69) is 5.32 Å². The van der Waals surface area contributed by atoms with Crippen LogP contribution in [0.4, 0.5) is 5.69 Å². The van der Waals surface area contributed by atoms with E-state index in [0.717, 1.165) is 34.4 Å².